The molecule has 2 heterocycles. The predicted octanol–water partition coefficient (Wildman–Crippen LogP) is 2.10. The first-order chi connectivity index (χ1) is 13.4. The molecule has 6 nitrogen and oxygen atoms in total. The van der Waals surface area contributed by atoms with Crippen LogP contribution in [-0.2, 0) is 27.8 Å². The lowest BCUT2D eigenvalue weighted by molar-refractivity contribution is -0.122. The second-order valence-electron chi connectivity index (χ2n) is 7.53. The number of anilines is 1. The van der Waals surface area contributed by atoms with E-state index >= 15 is 0 Å². The molecule has 4 rings (SSSR count). The van der Waals surface area contributed by atoms with Crippen molar-refractivity contribution in [2.45, 2.75) is 30.3 Å². The fraction of sp³-hybridized carbons (Fsp3) is 0.381. The Labute approximate surface area is 166 Å². The summed E-state index contributed by atoms with van der Waals surface area (Å²) in [5.74, 6) is 0.131. The van der Waals surface area contributed by atoms with Gasteiger partial charge in [-0.15, -0.1) is 0 Å². The van der Waals surface area contributed by atoms with Gasteiger partial charge in [0.05, 0.1) is 10.9 Å². The molecule has 7 heteroatoms. The quantitative estimate of drug-likeness (QED) is 0.790. The molecule has 2 aliphatic heterocycles. The monoisotopic (exact) mass is 399 g/mol. The molecule has 0 saturated carbocycles. The van der Waals surface area contributed by atoms with Crippen LogP contribution in [0.4, 0.5) is 5.69 Å². The predicted molar refractivity (Wildman–Crippen MR) is 109 cm³/mol. The summed E-state index contributed by atoms with van der Waals surface area (Å²) in [7, 11) is -0.361. The highest BCUT2D eigenvalue weighted by Gasteiger charge is 2.38. The van der Waals surface area contributed by atoms with Crippen LogP contribution in [0.25, 0.3) is 0 Å². The van der Waals surface area contributed by atoms with E-state index in [1.807, 2.05) is 41.3 Å². The number of benzene rings is 2. The molecule has 1 fully saturated rings. The van der Waals surface area contributed by atoms with Crippen molar-refractivity contribution in [2.24, 2.45) is 0 Å². The average Bonchev–Trinajstić information content (AvgIpc) is 3.09. The number of fused-ring (bicyclic) bond motifs is 1. The minimum atomic E-state index is -3.47. The molecule has 1 saturated heterocycles. The van der Waals surface area contributed by atoms with Crippen LogP contribution in [-0.4, -0.2) is 56.8 Å². The van der Waals surface area contributed by atoms with Gasteiger partial charge in [0.15, 0.2) is 0 Å². The maximum atomic E-state index is 13.0. The molecule has 0 aliphatic carbocycles. The first-order valence-electron chi connectivity index (χ1n) is 9.53. The minimum Gasteiger partial charge on any atom is -0.311 e. The molecule has 1 amide bonds. The van der Waals surface area contributed by atoms with Gasteiger partial charge >= 0.3 is 0 Å². The van der Waals surface area contributed by atoms with Gasteiger partial charge in [0.2, 0.25) is 15.9 Å². The van der Waals surface area contributed by atoms with E-state index in [0.717, 1.165) is 23.2 Å². The highest BCUT2D eigenvalue weighted by Crippen LogP contribution is 2.31. The largest absolute Gasteiger partial charge is 0.311 e. The highest BCUT2D eigenvalue weighted by atomic mass is 32.2. The Hall–Kier alpha value is -2.22. The summed E-state index contributed by atoms with van der Waals surface area (Å²) in [4.78, 5) is 17.5. The zero-order chi connectivity index (χ0) is 19.9. The Balaban J connectivity index is 1.57. The normalized spacial score (nSPS) is 20.6. The zero-order valence-corrected chi connectivity index (χ0v) is 17.0. The van der Waals surface area contributed by atoms with Crippen molar-refractivity contribution in [2.75, 3.05) is 32.1 Å². The Kier molecular flexibility index (Phi) is 4.99. The third kappa shape index (κ3) is 3.23. The van der Waals surface area contributed by atoms with Crippen molar-refractivity contribution in [3.63, 3.8) is 0 Å². The van der Waals surface area contributed by atoms with E-state index in [2.05, 4.69) is 4.90 Å². The lowest BCUT2D eigenvalue weighted by Gasteiger charge is -2.33. The van der Waals surface area contributed by atoms with Crippen LogP contribution < -0.4 is 4.90 Å². The molecular formula is C21H25N3O3S. The maximum Gasteiger partial charge on any atom is 0.244 e. The molecular weight excluding hydrogens is 374 g/mol. The molecule has 1 atom stereocenters. The molecule has 148 valence electrons. The SMILES string of the molecule is CN(C)S(=O)(=O)c1cccc2c1CCN(C1CCN(c3ccccc3)C1=O)C2. The molecule has 2 aliphatic rings. The van der Waals surface area contributed by atoms with Crippen LogP contribution in [0.5, 0.6) is 0 Å². The summed E-state index contributed by atoms with van der Waals surface area (Å²) in [5.41, 5.74) is 2.82. The van der Waals surface area contributed by atoms with Gasteiger partial charge in [0.1, 0.15) is 0 Å². The Morgan fingerprint density at radius 1 is 1.00 bits per heavy atom. The lowest BCUT2D eigenvalue weighted by atomic mass is 9.98. The van der Waals surface area contributed by atoms with Crippen LogP contribution >= 0.6 is 0 Å². The first-order valence-corrected chi connectivity index (χ1v) is 11.0. The van der Waals surface area contributed by atoms with Crippen molar-refractivity contribution < 1.29 is 13.2 Å². The summed E-state index contributed by atoms with van der Waals surface area (Å²) in [6.45, 7) is 2.00. The van der Waals surface area contributed by atoms with E-state index in [9.17, 15) is 13.2 Å². The van der Waals surface area contributed by atoms with Crippen LogP contribution in [0.3, 0.4) is 0 Å². The molecule has 0 N–H and O–H groups in total. The van der Waals surface area contributed by atoms with Crippen LogP contribution in [0.15, 0.2) is 53.4 Å². The van der Waals surface area contributed by atoms with Gasteiger partial charge in [-0.1, -0.05) is 30.3 Å². The fourth-order valence-electron chi connectivity index (χ4n) is 4.17. The number of hydrogen-bond donors (Lipinski definition) is 0. The number of hydrogen-bond acceptors (Lipinski definition) is 4. The summed E-state index contributed by atoms with van der Waals surface area (Å²) in [6, 6.07) is 15.1. The molecule has 0 spiro atoms. The standard InChI is InChI=1S/C21H25N3O3S/c1-22(2)28(26,27)20-10-6-7-16-15-23(13-11-18(16)20)19-12-14-24(21(19)25)17-8-4-3-5-9-17/h3-10,19H,11-15H2,1-2H3. The highest BCUT2D eigenvalue weighted by molar-refractivity contribution is 7.89. The van der Waals surface area contributed by atoms with Crippen molar-refractivity contribution in [3.05, 3.63) is 59.7 Å². The number of amides is 1. The molecule has 1 unspecified atom stereocenters. The van der Waals surface area contributed by atoms with Gasteiger partial charge in [-0.05, 0) is 42.2 Å². The molecule has 28 heavy (non-hydrogen) atoms. The van der Waals surface area contributed by atoms with Gasteiger partial charge in [0, 0.05) is 39.4 Å². The van der Waals surface area contributed by atoms with Crippen LogP contribution in [0.1, 0.15) is 17.5 Å². The number of carbonyl (C=O) groups is 1. The van der Waals surface area contributed by atoms with Crippen molar-refractivity contribution >= 4 is 21.6 Å². The molecule has 2 aromatic rings. The summed E-state index contributed by atoms with van der Waals surface area (Å²) < 4.78 is 26.5. The lowest BCUT2D eigenvalue weighted by Crippen LogP contribution is -2.44. The maximum absolute atomic E-state index is 13.0. The van der Waals surface area contributed by atoms with Gasteiger partial charge in [-0.3, -0.25) is 9.69 Å². The van der Waals surface area contributed by atoms with Gasteiger partial charge < -0.3 is 4.90 Å². The van der Waals surface area contributed by atoms with E-state index in [-0.39, 0.29) is 11.9 Å². The molecule has 2 aromatic carbocycles. The molecule has 0 bridgehead atoms. The molecule has 0 radical (unpaired) electrons. The minimum absolute atomic E-state index is 0.131. The first kappa shape index (κ1) is 19.1. The van der Waals surface area contributed by atoms with Gasteiger partial charge in [0.25, 0.3) is 0 Å². The topological polar surface area (TPSA) is 60.9 Å². The van der Waals surface area contributed by atoms with Crippen molar-refractivity contribution in [1.82, 2.24) is 9.21 Å². The van der Waals surface area contributed by atoms with E-state index < -0.39 is 10.0 Å². The Bertz CT molecular complexity index is 989. The number of para-hydroxylation sites is 1. The van der Waals surface area contributed by atoms with Crippen molar-refractivity contribution in [1.29, 1.82) is 0 Å². The molecule has 0 aromatic heterocycles. The number of rotatable bonds is 4. The fourth-order valence-corrected chi connectivity index (χ4v) is 5.36. The van der Waals surface area contributed by atoms with Crippen molar-refractivity contribution in [3.8, 4) is 0 Å². The van der Waals surface area contributed by atoms with E-state index in [0.29, 0.717) is 31.0 Å². The van der Waals surface area contributed by atoms with E-state index in [4.69, 9.17) is 0 Å². The third-order valence-corrected chi connectivity index (χ3v) is 7.60. The zero-order valence-electron chi connectivity index (χ0n) is 16.2. The second-order valence-corrected chi connectivity index (χ2v) is 9.65. The smallest absolute Gasteiger partial charge is 0.244 e. The van der Waals surface area contributed by atoms with Crippen LogP contribution in [0.2, 0.25) is 0 Å². The average molecular weight is 400 g/mol. The Morgan fingerprint density at radius 2 is 1.75 bits per heavy atom. The number of sulfonamides is 1. The van der Waals surface area contributed by atoms with E-state index in [1.54, 1.807) is 26.2 Å². The number of carbonyl (C=O) groups excluding carboxylic acids is 1. The van der Waals surface area contributed by atoms with Gasteiger partial charge in [-0.2, -0.15) is 0 Å². The third-order valence-electron chi connectivity index (χ3n) is 5.70. The second kappa shape index (κ2) is 7.31. The number of nitrogens with zero attached hydrogens (tertiary/aromatic N) is 3. The van der Waals surface area contributed by atoms with Crippen LogP contribution in [0, 0.1) is 0 Å². The van der Waals surface area contributed by atoms with Gasteiger partial charge in [-0.25, -0.2) is 12.7 Å². The summed E-state index contributed by atoms with van der Waals surface area (Å²) in [6.07, 6.45) is 1.42. The summed E-state index contributed by atoms with van der Waals surface area (Å²) >= 11 is 0. The Morgan fingerprint density at radius 3 is 2.46 bits per heavy atom. The summed E-state index contributed by atoms with van der Waals surface area (Å²) in [5, 5.41) is 0. The van der Waals surface area contributed by atoms with E-state index in [1.165, 1.54) is 4.31 Å².